The van der Waals surface area contributed by atoms with Crippen LogP contribution in [0.1, 0.15) is 0 Å². The second-order valence-electron chi connectivity index (χ2n) is 2.57. The zero-order valence-electron chi connectivity index (χ0n) is 6.56. The number of hydrogen-bond acceptors (Lipinski definition) is 2. The molecule has 0 amide bonds. The molecule has 14 heavy (non-hydrogen) atoms. The third-order valence-electron chi connectivity index (χ3n) is 1.62. The van der Waals surface area contributed by atoms with Crippen LogP contribution in [-0.4, -0.2) is 9.97 Å². The molecule has 0 bridgehead atoms. The maximum absolute atomic E-state index is 5.83. The molecule has 0 radical (unpaired) electrons. The molecule has 0 saturated carbocycles. The molecule has 0 N–H and O–H groups in total. The molecule has 0 atom stereocenters. The number of pyridine rings is 2. The van der Waals surface area contributed by atoms with Crippen LogP contribution in [0.2, 0.25) is 10.3 Å². The molecule has 0 aromatic carbocycles. The van der Waals surface area contributed by atoms with E-state index in [2.05, 4.69) is 41.8 Å². The Labute approximate surface area is 107 Å². The van der Waals surface area contributed by atoms with Gasteiger partial charge in [-0.25, -0.2) is 9.97 Å². The number of aromatic nitrogens is 2. The van der Waals surface area contributed by atoms with Crippen molar-refractivity contribution < 1.29 is 0 Å². The average Bonchev–Trinajstić information content (AvgIpc) is 2.11. The fourth-order valence-electron chi connectivity index (χ4n) is 1.01. The van der Waals surface area contributed by atoms with Gasteiger partial charge >= 0.3 is 0 Å². The van der Waals surface area contributed by atoms with Gasteiger partial charge in [0.1, 0.15) is 10.3 Å². The van der Waals surface area contributed by atoms with Crippen LogP contribution in [0.25, 0.3) is 11.0 Å². The molecular formula is C8H2Br2Cl2N2. The highest BCUT2D eigenvalue weighted by Crippen LogP contribution is 2.28. The molecule has 6 heteroatoms. The molecule has 2 rings (SSSR count). The molecule has 0 spiro atoms. The van der Waals surface area contributed by atoms with Crippen molar-refractivity contribution in [1.29, 1.82) is 0 Å². The van der Waals surface area contributed by atoms with Crippen molar-refractivity contribution in [2.45, 2.75) is 0 Å². The summed E-state index contributed by atoms with van der Waals surface area (Å²) in [7, 11) is 0. The summed E-state index contributed by atoms with van der Waals surface area (Å²) in [5.41, 5.74) is 0.534. The predicted octanol–water partition coefficient (Wildman–Crippen LogP) is 4.46. The highest BCUT2D eigenvalue weighted by molar-refractivity contribution is 9.11. The summed E-state index contributed by atoms with van der Waals surface area (Å²) < 4.78 is 1.48. The van der Waals surface area contributed by atoms with Crippen LogP contribution in [0.4, 0.5) is 0 Å². The van der Waals surface area contributed by atoms with Gasteiger partial charge in [-0.3, -0.25) is 0 Å². The second kappa shape index (κ2) is 3.93. The molecule has 2 nitrogen and oxygen atoms in total. The summed E-state index contributed by atoms with van der Waals surface area (Å²) in [5, 5.41) is 1.63. The van der Waals surface area contributed by atoms with E-state index >= 15 is 0 Å². The lowest BCUT2D eigenvalue weighted by atomic mass is 10.3. The lowest BCUT2D eigenvalue weighted by Crippen LogP contribution is -1.87. The SMILES string of the molecule is Clc1nc2nc(Cl)c(Br)cc2cc1Br. The lowest BCUT2D eigenvalue weighted by molar-refractivity contribution is 1.27. The van der Waals surface area contributed by atoms with Crippen LogP contribution in [0.15, 0.2) is 21.1 Å². The minimum atomic E-state index is 0.378. The van der Waals surface area contributed by atoms with Crippen molar-refractivity contribution >= 4 is 66.1 Å². The quantitative estimate of drug-likeness (QED) is 0.651. The number of rotatable bonds is 0. The number of nitrogens with zero attached hydrogens (tertiary/aromatic N) is 2. The molecule has 0 aliphatic heterocycles. The molecule has 0 unspecified atom stereocenters. The summed E-state index contributed by atoms with van der Waals surface area (Å²) >= 11 is 18.2. The predicted molar refractivity (Wildman–Crippen MR) is 65.0 cm³/mol. The third kappa shape index (κ3) is 1.89. The van der Waals surface area contributed by atoms with E-state index in [1.165, 1.54) is 0 Å². The van der Waals surface area contributed by atoms with Crippen molar-refractivity contribution in [2.24, 2.45) is 0 Å². The molecule has 0 fully saturated rings. The van der Waals surface area contributed by atoms with E-state index in [1.807, 2.05) is 12.1 Å². The average molecular weight is 357 g/mol. The Hall–Kier alpha value is 0.1000. The first-order chi connectivity index (χ1) is 6.58. The zero-order valence-corrected chi connectivity index (χ0v) is 11.2. The topological polar surface area (TPSA) is 25.8 Å². The van der Waals surface area contributed by atoms with E-state index in [4.69, 9.17) is 23.2 Å². The van der Waals surface area contributed by atoms with Gasteiger partial charge in [-0.2, -0.15) is 0 Å². The Morgan fingerprint density at radius 3 is 1.79 bits per heavy atom. The summed E-state index contributed by atoms with van der Waals surface area (Å²) in [5.74, 6) is 0. The molecule has 2 aromatic rings. The summed E-state index contributed by atoms with van der Waals surface area (Å²) in [6.07, 6.45) is 0. The summed E-state index contributed by atoms with van der Waals surface area (Å²) in [4.78, 5) is 8.16. The standard InChI is InChI=1S/C8H2Br2Cl2N2/c9-4-1-3-2-5(10)7(12)14-8(3)13-6(4)11/h1-2H. The van der Waals surface area contributed by atoms with Gasteiger partial charge in [0.2, 0.25) is 0 Å². The Morgan fingerprint density at radius 2 is 1.36 bits per heavy atom. The van der Waals surface area contributed by atoms with E-state index in [-0.39, 0.29) is 0 Å². The monoisotopic (exact) mass is 354 g/mol. The van der Waals surface area contributed by atoms with Crippen molar-refractivity contribution in [3.05, 3.63) is 31.4 Å². The summed E-state index contributed by atoms with van der Waals surface area (Å²) in [6.45, 7) is 0. The van der Waals surface area contributed by atoms with E-state index in [0.717, 1.165) is 14.3 Å². The van der Waals surface area contributed by atoms with E-state index < -0.39 is 0 Å². The first-order valence-electron chi connectivity index (χ1n) is 3.56. The second-order valence-corrected chi connectivity index (χ2v) is 4.99. The van der Waals surface area contributed by atoms with E-state index in [0.29, 0.717) is 16.0 Å². The number of fused-ring (bicyclic) bond motifs is 1. The number of halogens is 4. The first kappa shape index (κ1) is 10.6. The number of hydrogen-bond donors (Lipinski definition) is 0. The normalized spacial score (nSPS) is 10.9. The van der Waals surface area contributed by atoms with Crippen molar-refractivity contribution in [2.75, 3.05) is 0 Å². The Balaban J connectivity index is 2.83. The fourth-order valence-corrected chi connectivity index (χ4v) is 1.95. The molecule has 0 aliphatic carbocycles. The van der Waals surface area contributed by atoms with Gasteiger partial charge in [-0.15, -0.1) is 0 Å². The van der Waals surface area contributed by atoms with E-state index in [9.17, 15) is 0 Å². The van der Waals surface area contributed by atoms with Gasteiger partial charge in [0.05, 0.1) is 8.95 Å². The van der Waals surface area contributed by atoms with Crippen LogP contribution in [0.3, 0.4) is 0 Å². The van der Waals surface area contributed by atoms with Gasteiger partial charge in [-0.05, 0) is 44.0 Å². The molecular weight excluding hydrogens is 355 g/mol. The molecule has 2 heterocycles. The zero-order chi connectivity index (χ0) is 10.3. The highest BCUT2D eigenvalue weighted by atomic mass is 79.9. The van der Waals surface area contributed by atoms with Crippen molar-refractivity contribution in [3.63, 3.8) is 0 Å². The van der Waals surface area contributed by atoms with Crippen LogP contribution >= 0.6 is 55.1 Å². The third-order valence-corrected chi connectivity index (χ3v) is 3.87. The highest BCUT2D eigenvalue weighted by Gasteiger charge is 2.06. The smallest absolute Gasteiger partial charge is 0.162 e. The summed E-state index contributed by atoms with van der Waals surface area (Å²) in [6, 6.07) is 3.69. The van der Waals surface area contributed by atoms with Gasteiger partial charge in [-0.1, -0.05) is 23.2 Å². The van der Waals surface area contributed by atoms with Crippen LogP contribution in [0, 0.1) is 0 Å². The van der Waals surface area contributed by atoms with Gasteiger partial charge in [0.25, 0.3) is 0 Å². The minimum absolute atomic E-state index is 0.378. The van der Waals surface area contributed by atoms with Gasteiger partial charge in [0.15, 0.2) is 5.65 Å². The Morgan fingerprint density at radius 1 is 0.929 bits per heavy atom. The minimum Gasteiger partial charge on any atom is -0.215 e. The molecule has 2 aromatic heterocycles. The Bertz CT molecular complexity index is 427. The van der Waals surface area contributed by atoms with Crippen molar-refractivity contribution in [3.8, 4) is 0 Å². The lowest BCUT2D eigenvalue weighted by Gasteiger charge is -2.01. The van der Waals surface area contributed by atoms with Gasteiger partial charge < -0.3 is 0 Å². The van der Waals surface area contributed by atoms with Crippen molar-refractivity contribution in [1.82, 2.24) is 9.97 Å². The maximum Gasteiger partial charge on any atom is 0.162 e. The first-order valence-corrected chi connectivity index (χ1v) is 5.90. The Kier molecular flexibility index (Phi) is 2.98. The van der Waals surface area contributed by atoms with Gasteiger partial charge in [0, 0.05) is 5.39 Å². The fraction of sp³-hybridized carbons (Fsp3) is 0. The largest absolute Gasteiger partial charge is 0.215 e. The van der Waals surface area contributed by atoms with E-state index in [1.54, 1.807) is 0 Å². The maximum atomic E-state index is 5.83. The van der Waals surface area contributed by atoms with Crippen LogP contribution in [-0.2, 0) is 0 Å². The van der Waals surface area contributed by atoms with Crippen LogP contribution < -0.4 is 0 Å². The molecule has 0 saturated heterocycles. The molecule has 0 aliphatic rings. The van der Waals surface area contributed by atoms with Crippen LogP contribution in [0.5, 0.6) is 0 Å². The molecule has 72 valence electrons.